The molecule has 0 unspecified atom stereocenters. The molecule has 0 bridgehead atoms. The lowest BCUT2D eigenvalue weighted by Crippen LogP contribution is -2.18. The number of aromatic amines is 1. The third-order valence-corrected chi connectivity index (χ3v) is 6.41. The average Bonchev–Trinajstić information content (AvgIpc) is 2.79. The van der Waals surface area contributed by atoms with Crippen molar-refractivity contribution in [2.45, 2.75) is 17.9 Å². The molecule has 1 aromatic heterocycles. The summed E-state index contributed by atoms with van der Waals surface area (Å²) in [6.07, 6.45) is 1.16. The van der Waals surface area contributed by atoms with Gasteiger partial charge in [0, 0.05) is 5.02 Å². The zero-order chi connectivity index (χ0) is 15.0. The van der Waals surface area contributed by atoms with Crippen LogP contribution in [0, 0.1) is 12.7 Å². The molecule has 0 amide bonds. The summed E-state index contributed by atoms with van der Waals surface area (Å²) in [4.78, 5) is 14.3. The highest BCUT2D eigenvalue weighted by Gasteiger charge is 2.22. The van der Waals surface area contributed by atoms with Crippen molar-refractivity contribution in [2.75, 3.05) is 11.5 Å². The van der Waals surface area contributed by atoms with Gasteiger partial charge in [-0.2, -0.15) is 9.78 Å². The number of nitrogens with zero attached hydrogens (tertiary/aromatic N) is 2. The molecule has 0 atom stereocenters. The van der Waals surface area contributed by atoms with Crippen molar-refractivity contribution in [1.29, 1.82) is 0 Å². The fourth-order valence-corrected chi connectivity index (χ4v) is 5.49. The van der Waals surface area contributed by atoms with Crippen LogP contribution in [-0.2, 0) is 0 Å². The van der Waals surface area contributed by atoms with Crippen molar-refractivity contribution in [2.24, 2.45) is 0 Å². The quantitative estimate of drug-likeness (QED) is 0.904. The van der Waals surface area contributed by atoms with Gasteiger partial charge in [0.25, 0.3) is 0 Å². The summed E-state index contributed by atoms with van der Waals surface area (Å²) < 4.78 is 15.4. The Bertz CT molecular complexity index is 725. The number of rotatable bonds is 2. The van der Waals surface area contributed by atoms with Crippen molar-refractivity contribution in [3.05, 3.63) is 44.8 Å². The highest BCUT2D eigenvalue weighted by molar-refractivity contribution is 8.16. The van der Waals surface area contributed by atoms with Gasteiger partial charge in [0.2, 0.25) is 0 Å². The van der Waals surface area contributed by atoms with Crippen molar-refractivity contribution >= 4 is 35.1 Å². The van der Waals surface area contributed by atoms with E-state index in [1.807, 2.05) is 0 Å². The Morgan fingerprint density at radius 3 is 2.76 bits per heavy atom. The number of halogens is 2. The van der Waals surface area contributed by atoms with Gasteiger partial charge < -0.3 is 0 Å². The predicted molar refractivity (Wildman–Crippen MR) is 86.2 cm³/mol. The third kappa shape index (κ3) is 3.00. The molecule has 112 valence electrons. The first-order valence-corrected chi connectivity index (χ1v) is 8.92. The second-order valence-corrected chi connectivity index (χ2v) is 7.81. The smallest absolute Gasteiger partial charge is 0.293 e. The number of aryl methyl sites for hydroxylation is 1. The summed E-state index contributed by atoms with van der Waals surface area (Å²) in [6.45, 7) is 1.65. The molecule has 8 heteroatoms. The van der Waals surface area contributed by atoms with Crippen LogP contribution >= 0.6 is 35.1 Å². The first-order valence-electron chi connectivity index (χ1n) is 6.45. The van der Waals surface area contributed by atoms with E-state index >= 15 is 0 Å². The van der Waals surface area contributed by atoms with E-state index in [2.05, 4.69) is 10.1 Å². The van der Waals surface area contributed by atoms with Crippen LogP contribution in [0.2, 0.25) is 5.02 Å². The van der Waals surface area contributed by atoms with Crippen LogP contribution in [0.3, 0.4) is 0 Å². The zero-order valence-corrected chi connectivity index (χ0v) is 13.6. The minimum atomic E-state index is -0.553. The van der Waals surface area contributed by atoms with Crippen LogP contribution in [0.15, 0.2) is 16.9 Å². The maximum absolute atomic E-state index is 14.2. The first-order chi connectivity index (χ1) is 10.1. The SMILES string of the molecule is Cc1nn(-c2cc(C3SCCCS3)c(Cl)cc2F)c(=O)[nH]1. The molecule has 0 spiro atoms. The fourth-order valence-electron chi connectivity index (χ4n) is 2.16. The second kappa shape index (κ2) is 6.06. The van der Waals surface area contributed by atoms with E-state index in [9.17, 15) is 9.18 Å². The molecule has 0 saturated carbocycles. The fraction of sp³-hybridized carbons (Fsp3) is 0.385. The molecule has 1 saturated heterocycles. The van der Waals surface area contributed by atoms with E-state index in [1.165, 1.54) is 6.07 Å². The minimum absolute atomic E-state index is 0.135. The number of nitrogens with one attached hydrogen (secondary N) is 1. The van der Waals surface area contributed by atoms with Gasteiger partial charge in [-0.05, 0) is 42.5 Å². The number of thioether (sulfide) groups is 2. The molecular formula is C13H13ClFN3OS2. The van der Waals surface area contributed by atoms with E-state index in [-0.39, 0.29) is 10.3 Å². The number of hydrogen-bond donors (Lipinski definition) is 1. The summed E-state index contributed by atoms with van der Waals surface area (Å²) in [6, 6.07) is 2.90. The highest BCUT2D eigenvalue weighted by Crippen LogP contribution is 2.46. The van der Waals surface area contributed by atoms with E-state index in [0.29, 0.717) is 10.8 Å². The van der Waals surface area contributed by atoms with Crippen molar-refractivity contribution in [3.63, 3.8) is 0 Å². The molecule has 1 fully saturated rings. The van der Waals surface area contributed by atoms with Gasteiger partial charge in [-0.15, -0.1) is 23.5 Å². The summed E-state index contributed by atoms with van der Waals surface area (Å²) >= 11 is 9.77. The standard InChI is InChI=1S/C13H13ClFN3OS2/c1-7-16-13(19)18(17-7)11-5-8(9(14)6-10(11)15)12-20-3-2-4-21-12/h5-6,12H,2-4H2,1H3,(H,16,17,19). The molecule has 1 N–H and O–H groups in total. The van der Waals surface area contributed by atoms with E-state index in [1.54, 1.807) is 36.5 Å². The molecule has 0 radical (unpaired) electrons. The molecule has 2 heterocycles. The molecule has 1 aromatic carbocycles. The highest BCUT2D eigenvalue weighted by atomic mass is 35.5. The van der Waals surface area contributed by atoms with E-state index in [4.69, 9.17) is 11.6 Å². The molecule has 4 nitrogen and oxygen atoms in total. The lowest BCUT2D eigenvalue weighted by molar-refractivity contribution is 0.606. The van der Waals surface area contributed by atoms with Crippen molar-refractivity contribution in [3.8, 4) is 5.69 Å². The van der Waals surface area contributed by atoms with Crippen LogP contribution < -0.4 is 5.69 Å². The molecule has 21 heavy (non-hydrogen) atoms. The van der Waals surface area contributed by atoms with Crippen LogP contribution in [-0.4, -0.2) is 26.3 Å². The first kappa shape index (κ1) is 15.0. The molecule has 1 aliphatic heterocycles. The Morgan fingerprint density at radius 2 is 2.14 bits per heavy atom. The van der Waals surface area contributed by atoms with Crippen LogP contribution in [0.4, 0.5) is 4.39 Å². The van der Waals surface area contributed by atoms with Crippen molar-refractivity contribution < 1.29 is 4.39 Å². The molecule has 2 aromatic rings. The van der Waals surface area contributed by atoms with Gasteiger partial charge in [0.15, 0.2) is 5.82 Å². The van der Waals surface area contributed by atoms with Crippen LogP contribution in [0.25, 0.3) is 5.69 Å². The maximum Gasteiger partial charge on any atom is 0.348 e. The topological polar surface area (TPSA) is 50.7 Å². The molecule has 3 rings (SSSR count). The Morgan fingerprint density at radius 1 is 1.43 bits per heavy atom. The Hall–Kier alpha value is -0.920. The number of hydrogen-bond acceptors (Lipinski definition) is 4. The second-order valence-electron chi connectivity index (χ2n) is 4.68. The minimum Gasteiger partial charge on any atom is -0.293 e. The average molecular weight is 346 g/mol. The molecular weight excluding hydrogens is 333 g/mol. The van der Waals surface area contributed by atoms with Gasteiger partial charge in [-0.3, -0.25) is 4.98 Å². The third-order valence-electron chi connectivity index (χ3n) is 3.11. The number of aromatic nitrogens is 3. The Labute approximate surface area is 134 Å². The van der Waals surface area contributed by atoms with Gasteiger partial charge in [0.1, 0.15) is 11.5 Å². The van der Waals surface area contributed by atoms with Gasteiger partial charge in [-0.1, -0.05) is 11.6 Å². The Kier molecular flexibility index (Phi) is 4.33. The van der Waals surface area contributed by atoms with Gasteiger partial charge in [-0.25, -0.2) is 9.18 Å². The normalized spacial score (nSPS) is 16.3. The van der Waals surface area contributed by atoms with Gasteiger partial charge >= 0.3 is 5.69 Å². The van der Waals surface area contributed by atoms with Crippen molar-refractivity contribution in [1.82, 2.24) is 14.8 Å². The number of H-pyrrole nitrogens is 1. The summed E-state index contributed by atoms with van der Waals surface area (Å²) in [5.41, 5.74) is 0.523. The lowest BCUT2D eigenvalue weighted by atomic mass is 10.2. The van der Waals surface area contributed by atoms with E-state index in [0.717, 1.165) is 28.2 Å². The van der Waals surface area contributed by atoms with E-state index < -0.39 is 11.5 Å². The van der Waals surface area contributed by atoms with Gasteiger partial charge in [0.05, 0.1) is 4.58 Å². The van der Waals surface area contributed by atoms with Crippen LogP contribution in [0.1, 0.15) is 22.4 Å². The molecule has 0 aliphatic carbocycles. The zero-order valence-electron chi connectivity index (χ0n) is 11.2. The monoisotopic (exact) mass is 345 g/mol. The summed E-state index contributed by atoms with van der Waals surface area (Å²) in [5, 5.41) is 4.40. The summed E-state index contributed by atoms with van der Waals surface area (Å²) in [7, 11) is 0. The molecule has 1 aliphatic rings. The lowest BCUT2D eigenvalue weighted by Gasteiger charge is -2.22. The predicted octanol–water partition coefficient (Wildman–Crippen LogP) is 3.53. The van der Waals surface area contributed by atoms with Crippen LogP contribution in [0.5, 0.6) is 0 Å². The summed E-state index contributed by atoms with van der Waals surface area (Å²) in [5.74, 6) is 2.00. The number of benzene rings is 1. The largest absolute Gasteiger partial charge is 0.348 e. The Balaban J connectivity index is 2.09. The maximum atomic E-state index is 14.2.